The highest BCUT2D eigenvalue weighted by atomic mass is 35.5. The first-order chi connectivity index (χ1) is 14.9. The van der Waals surface area contributed by atoms with E-state index in [1.807, 2.05) is 42.5 Å². The van der Waals surface area contributed by atoms with Crippen LogP contribution in [0.25, 0.3) is 10.8 Å². The van der Waals surface area contributed by atoms with Gasteiger partial charge in [0.15, 0.2) is 0 Å². The van der Waals surface area contributed by atoms with Gasteiger partial charge in [-0.05, 0) is 55.9 Å². The minimum Gasteiger partial charge on any atom is -0.493 e. The van der Waals surface area contributed by atoms with Crippen LogP contribution in [0.1, 0.15) is 33.8 Å². The van der Waals surface area contributed by atoms with Crippen molar-refractivity contribution in [2.24, 2.45) is 11.8 Å². The van der Waals surface area contributed by atoms with Crippen molar-refractivity contribution in [3.05, 3.63) is 63.3 Å². The number of aliphatic hydroxyl groups excluding tert-OH is 1. The quantitative estimate of drug-likeness (QED) is 0.375. The molecule has 3 aromatic rings. The summed E-state index contributed by atoms with van der Waals surface area (Å²) in [5.74, 6) is -0.0318. The second-order valence-corrected chi connectivity index (χ2v) is 10.1. The van der Waals surface area contributed by atoms with Crippen LogP contribution in [0, 0.1) is 11.8 Å². The minimum atomic E-state index is -0.886. The summed E-state index contributed by atoms with van der Waals surface area (Å²) in [4.78, 5) is 12.5. The monoisotopic (exact) mass is 478 g/mol. The second-order valence-electron chi connectivity index (χ2n) is 8.01. The predicted octanol–water partition coefficient (Wildman–Crippen LogP) is 6.26. The summed E-state index contributed by atoms with van der Waals surface area (Å²) in [6.45, 7) is 0.392. The smallest absolute Gasteiger partial charge is 0.345 e. The number of aryl methyl sites for hydroxylation is 1. The number of fused-ring (bicyclic) bond motifs is 1. The molecule has 1 fully saturated rings. The van der Waals surface area contributed by atoms with E-state index in [2.05, 4.69) is 0 Å². The average molecular weight is 479 g/mol. The summed E-state index contributed by atoms with van der Waals surface area (Å²) >= 11 is 14.2. The van der Waals surface area contributed by atoms with E-state index in [0.29, 0.717) is 22.9 Å². The number of benzene rings is 2. The molecule has 0 bridgehead atoms. The number of aliphatic hydroxyl groups is 1. The Kier molecular flexibility index (Phi) is 7.07. The van der Waals surface area contributed by atoms with Crippen LogP contribution in [0.3, 0.4) is 0 Å². The van der Waals surface area contributed by atoms with Gasteiger partial charge in [0.05, 0.1) is 12.7 Å². The van der Waals surface area contributed by atoms with Gasteiger partial charge in [-0.25, -0.2) is 4.79 Å². The number of rotatable bonds is 8. The number of halogens is 2. The molecule has 4 nitrogen and oxygen atoms in total. The normalized spacial score (nSPS) is 23.3. The van der Waals surface area contributed by atoms with E-state index in [4.69, 9.17) is 33.0 Å². The maximum absolute atomic E-state index is 11.1. The Hall–Kier alpha value is -1.79. The summed E-state index contributed by atoms with van der Waals surface area (Å²) in [5.41, 5.74) is 0. The molecule has 2 aromatic carbocycles. The zero-order valence-corrected chi connectivity index (χ0v) is 19.2. The summed E-state index contributed by atoms with van der Waals surface area (Å²) < 4.78 is 6.16. The molecule has 1 aliphatic carbocycles. The topological polar surface area (TPSA) is 66.8 Å². The Balaban J connectivity index is 1.39. The van der Waals surface area contributed by atoms with E-state index in [1.54, 1.807) is 6.07 Å². The Morgan fingerprint density at radius 3 is 2.61 bits per heavy atom. The van der Waals surface area contributed by atoms with E-state index in [0.717, 1.165) is 40.7 Å². The third-order valence-electron chi connectivity index (χ3n) is 6.07. The van der Waals surface area contributed by atoms with Crippen molar-refractivity contribution < 1.29 is 19.7 Å². The molecule has 0 amide bonds. The summed E-state index contributed by atoms with van der Waals surface area (Å²) in [5, 5.41) is 22.2. The largest absolute Gasteiger partial charge is 0.493 e. The zero-order chi connectivity index (χ0) is 22.0. The predicted molar refractivity (Wildman–Crippen MR) is 126 cm³/mol. The fourth-order valence-corrected chi connectivity index (χ4v) is 6.06. The van der Waals surface area contributed by atoms with E-state index < -0.39 is 12.1 Å². The lowest BCUT2D eigenvalue weighted by atomic mass is 9.90. The average Bonchev–Trinajstić information content (AvgIpc) is 3.33. The molecule has 4 atom stereocenters. The summed E-state index contributed by atoms with van der Waals surface area (Å²) in [6.07, 6.45) is 2.63. The fraction of sp³-hybridized carbons (Fsp3) is 0.375. The number of carboxylic acid groups (broad SMARTS) is 1. The van der Waals surface area contributed by atoms with Crippen molar-refractivity contribution in [1.82, 2.24) is 0 Å². The second kappa shape index (κ2) is 9.78. The SMILES string of the molecule is O=C(O)c1ccc(CCC[C@H]2C(Cl)C[C@@H](O)[C@@H]2COc2ccc(Cl)c3ccccc23)s1. The Bertz CT molecular complexity index is 1070. The maximum atomic E-state index is 11.1. The molecule has 0 saturated heterocycles. The van der Waals surface area contributed by atoms with Gasteiger partial charge in [0, 0.05) is 32.0 Å². The van der Waals surface area contributed by atoms with Crippen LogP contribution in [0.5, 0.6) is 5.75 Å². The molecule has 0 radical (unpaired) electrons. The summed E-state index contributed by atoms with van der Waals surface area (Å²) in [6, 6.07) is 15.1. The van der Waals surface area contributed by atoms with E-state index >= 15 is 0 Å². The maximum Gasteiger partial charge on any atom is 0.345 e. The van der Waals surface area contributed by atoms with Crippen LogP contribution in [0.15, 0.2) is 48.5 Å². The lowest BCUT2D eigenvalue weighted by molar-refractivity contribution is 0.0701. The fourth-order valence-electron chi connectivity index (χ4n) is 4.45. The van der Waals surface area contributed by atoms with Crippen LogP contribution < -0.4 is 4.74 Å². The number of carboxylic acids is 1. The van der Waals surface area contributed by atoms with Gasteiger partial charge < -0.3 is 14.9 Å². The molecular weight excluding hydrogens is 455 g/mol. The van der Waals surface area contributed by atoms with E-state index in [1.165, 1.54) is 11.3 Å². The van der Waals surface area contributed by atoms with Crippen LogP contribution in [-0.2, 0) is 6.42 Å². The van der Waals surface area contributed by atoms with E-state index in [9.17, 15) is 9.90 Å². The number of thiophene rings is 1. The van der Waals surface area contributed by atoms with Gasteiger partial charge in [0.2, 0.25) is 0 Å². The first-order valence-electron chi connectivity index (χ1n) is 10.4. The van der Waals surface area contributed by atoms with Crippen molar-refractivity contribution >= 4 is 51.3 Å². The van der Waals surface area contributed by atoms with Crippen molar-refractivity contribution in [2.75, 3.05) is 6.61 Å². The standard InChI is InChI=1S/C24H24Cl2O4S/c25-19-9-10-22(17-6-2-1-5-15(17)19)30-13-18-16(20(26)12-21(18)27)7-3-4-14-8-11-23(31-14)24(28)29/h1-2,5-6,8-11,16,18,20-21,27H,3-4,7,12-13H2,(H,28,29)/t16-,18-,20?,21-/m1/s1. The van der Waals surface area contributed by atoms with Gasteiger partial charge in [0.1, 0.15) is 10.6 Å². The number of ether oxygens (including phenoxy) is 1. The number of carbonyl (C=O) groups is 1. The number of hydrogen-bond acceptors (Lipinski definition) is 4. The third-order valence-corrected chi connectivity index (χ3v) is 8.04. The molecule has 4 rings (SSSR count). The summed E-state index contributed by atoms with van der Waals surface area (Å²) in [7, 11) is 0. The molecule has 1 aliphatic rings. The lowest BCUT2D eigenvalue weighted by Gasteiger charge is -2.24. The zero-order valence-electron chi connectivity index (χ0n) is 16.8. The number of aromatic carboxylic acids is 1. The molecular formula is C24H24Cl2O4S. The number of alkyl halides is 1. The van der Waals surface area contributed by atoms with Crippen molar-refractivity contribution in [3.8, 4) is 5.75 Å². The van der Waals surface area contributed by atoms with Crippen LogP contribution in [0.2, 0.25) is 5.02 Å². The molecule has 0 spiro atoms. The van der Waals surface area contributed by atoms with Gasteiger partial charge in [-0.2, -0.15) is 0 Å². The van der Waals surface area contributed by atoms with Gasteiger partial charge >= 0.3 is 5.97 Å². The molecule has 31 heavy (non-hydrogen) atoms. The molecule has 1 aromatic heterocycles. The molecule has 0 aliphatic heterocycles. The highest BCUT2D eigenvalue weighted by molar-refractivity contribution is 7.13. The molecule has 2 N–H and O–H groups in total. The minimum absolute atomic E-state index is 0.0464. The van der Waals surface area contributed by atoms with E-state index in [-0.39, 0.29) is 17.2 Å². The van der Waals surface area contributed by atoms with Crippen molar-refractivity contribution in [2.45, 2.75) is 37.2 Å². The highest BCUT2D eigenvalue weighted by Crippen LogP contribution is 2.40. The third kappa shape index (κ3) is 5.01. The highest BCUT2D eigenvalue weighted by Gasteiger charge is 2.41. The molecule has 1 heterocycles. The number of hydrogen-bond donors (Lipinski definition) is 2. The van der Waals surface area contributed by atoms with Crippen molar-refractivity contribution in [1.29, 1.82) is 0 Å². The van der Waals surface area contributed by atoms with Gasteiger partial charge in [-0.3, -0.25) is 0 Å². The molecule has 164 valence electrons. The lowest BCUT2D eigenvalue weighted by Crippen LogP contribution is -2.27. The van der Waals surface area contributed by atoms with Crippen LogP contribution in [-0.4, -0.2) is 34.3 Å². The van der Waals surface area contributed by atoms with Gasteiger partial charge in [0.25, 0.3) is 0 Å². The van der Waals surface area contributed by atoms with Crippen LogP contribution in [0.4, 0.5) is 0 Å². The molecule has 7 heteroatoms. The molecule has 1 unspecified atom stereocenters. The van der Waals surface area contributed by atoms with Gasteiger partial charge in [-0.1, -0.05) is 35.9 Å². The first kappa shape index (κ1) is 22.4. The van der Waals surface area contributed by atoms with Crippen molar-refractivity contribution in [3.63, 3.8) is 0 Å². The molecule has 1 saturated carbocycles. The Labute approximate surface area is 195 Å². The Morgan fingerprint density at radius 1 is 1.10 bits per heavy atom. The Morgan fingerprint density at radius 2 is 1.87 bits per heavy atom. The van der Waals surface area contributed by atoms with Crippen LogP contribution >= 0.6 is 34.5 Å². The first-order valence-corrected chi connectivity index (χ1v) is 12.0. The van der Waals surface area contributed by atoms with Gasteiger partial charge in [-0.15, -0.1) is 22.9 Å².